The summed E-state index contributed by atoms with van der Waals surface area (Å²) < 4.78 is 11.7. The van der Waals surface area contributed by atoms with Gasteiger partial charge in [-0.25, -0.2) is 14.6 Å². The molecular formula is C26H26N2O5. The molecule has 4 aromatic rings. The van der Waals surface area contributed by atoms with Crippen molar-refractivity contribution in [3.05, 3.63) is 59.2 Å². The number of aromatic carboxylic acids is 1. The molecule has 0 atom stereocenters. The third-order valence-corrected chi connectivity index (χ3v) is 5.41. The fourth-order valence-corrected chi connectivity index (χ4v) is 3.89. The fourth-order valence-electron chi connectivity index (χ4n) is 3.89. The summed E-state index contributed by atoms with van der Waals surface area (Å²) in [6, 6.07) is 12.6. The number of carbonyl (C=O) groups excluding carboxylic acids is 1. The number of pyridine rings is 1. The standard InChI is InChI=1S/C26H26N2O5/c1-14-11-12-15(2)21-20(14)17(24(29)30)13-18(27-21)23-22(16-9-7-8-10-19(16)32-23)28(6)25(31)33-26(3,4)5/h7-13H,1-6H3,(H,29,30). The van der Waals surface area contributed by atoms with Crippen LogP contribution in [0.25, 0.3) is 33.3 Å². The Hall–Kier alpha value is -3.87. The van der Waals surface area contributed by atoms with E-state index >= 15 is 0 Å². The largest absolute Gasteiger partial charge is 0.478 e. The summed E-state index contributed by atoms with van der Waals surface area (Å²) >= 11 is 0. The molecular weight excluding hydrogens is 420 g/mol. The molecule has 0 fully saturated rings. The highest BCUT2D eigenvalue weighted by atomic mass is 16.6. The second kappa shape index (κ2) is 7.92. The number of benzene rings is 2. The first-order valence-electron chi connectivity index (χ1n) is 10.6. The van der Waals surface area contributed by atoms with Crippen molar-refractivity contribution < 1.29 is 23.8 Å². The maximum Gasteiger partial charge on any atom is 0.414 e. The normalized spacial score (nSPS) is 11.7. The van der Waals surface area contributed by atoms with Crippen LogP contribution in [0.5, 0.6) is 0 Å². The molecule has 170 valence electrons. The Labute approximate surface area is 191 Å². The zero-order valence-electron chi connectivity index (χ0n) is 19.5. The van der Waals surface area contributed by atoms with Gasteiger partial charge in [0.05, 0.1) is 11.1 Å². The van der Waals surface area contributed by atoms with Gasteiger partial charge < -0.3 is 14.3 Å². The van der Waals surface area contributed by atoms with Crippen molar-refractivity contribution >= 4 is 39.6 Å². The van der Waals surface area contributed by atoms with E-state index in [0.717, 1.165) is 11.1 Å². The molecule has 1 N–H and O–H groups in total. The lowest BCUT2D eigenvalue weighted by atomic mass is 9.99. The number of anilines is 1. The van der Waals surface area contributed by atoms with Gasteiger partial charge in [0.15, 0.2) is 5.76 Å². The number of para-hydroxylation sites is 1. The second-order valence-electron chi connectivity index (χ2n) is 9.10. The van der Waals surface area contributed by atoms with E-state index in [-0.39, 0.29) is 5.56 Å². The van der Waals surface area contributed by atoms with Gasteiger partial charge in [0.1, 0.15) is 22.6 Å². The molecule has 0 saturated carbocycles. The molecule has 0 bridgehead atoms. The van der Waals surface area contributed by atoms with Gasteiger partial charge in [0.2, 0.25) is 0 Å². The van der Waals surface area contributed by atoms with E-state index in [9.17, 15) is 14.7 Å². The number of carbonyl (C=O) groups is 2. The number of aromatic nitrogens is 1. The van der Waals surface area contributed by atoms with E-state index in [0.29, 0.717) is 39.0 Å². The average molecular weight is 447 g/mol. The molecule has 0 aliphatic rings. The molecule has 1 amide bonds. The highest BCUT2D eigenvalue weighted by Crippen LogP contribution is 2.41. The van der Waals surface area contributed by atoms with Gasteiger partial charge in [0.25, 0.3) is 0 Å². The van der Waals surface area contributed by atoms with Crippen LogP contribution in [0.4, 0.5) is 10.5 Å². The van der Waals surface area contributed by atoms with E-state index in [1.54, 1.807) is 33.9 Å². The summed E-state index contributed by atoms with van der Waals surface area (Å²) in [6.45, 7) is 9.13. The Balaban J connectivity index is 2.01. The highest BCUT2D eigenvalue weighted by Gasteiger charge is 2.28. The third-order valence-electron chi connectivity index (χ3n) is 5.41. The number of hydrogen-bond acceptors (Lipinski definition) is 5. The molecule has 0 spiro atoms. The van der Waals surface area contributed by atoms with Crippen LogP contribution in [0.3, 0.4) is 0 Å². The topological polar surface area (TPSA) is 92.9 Å². The summed E-state index contributed by atoms with van der Waals surface area (Å²) in [5, 5.41) is 11.2. The average Bonchev–Trinajstić information content (AvgIpc) is 3.13. The number of aryl methyl sites for hydroxylation is 2. The van der Waals surface area contributed by atoms with Gasteiger partial charge in [-0.3, -0.25) is 4.90 Å². The van der Waals surface area contributed by atoms with Crippen molar-refractivity contribution in [3.63, 3.8) is 0 Å². The number of ether oxygens (including phenoxy) is 1. The molecule has 0 aliphatic heterocycles. The van der Waals surface area contributed by atoms with Crippen LogP contribution in [0.1, 0.15) is 42.3 Å². The van der Waals surface area contributed by atoms with Gasteiger partial charge in [-0.1, -0.05) is 24.3 Å². The maximum absolute atomic E-state index is 12.9. The van der Waals surface area contributed by atoms with Crippen LogP contribution in [0, 0.1) is 13.8 Å². The van der Waals surface area contributed by atoms with E-state index in [4.69, 9.17) is 14.1 Å². The predicted octanol–water partition coefficient (Wildman–Crippen LogP) is 6.33. The zero-order chi connectivity index (χ0) is 24.1. The first-order chi connectivity index (χ1) is 15.5. The number of fused-ring (bicyclic) bond motifs is 2. The third kappa shape index (κ3) is 4.02. The molecule has 4 rings (SSSR count). The lowest BCUT2D eigenvalue weighted by Crippen LogP contribution is -2.34. The van der Waals surface area contributed by atoms with Gasteiger partial charge >= 0.3 is 12.1 Å². The fraction of sp³-hybridized carbons (Fsp3) is 0.269. The van der Waals surface area contributed by atoms with Crippen LogP contribution >= 0.6 is 0 Å². The van der Waals surface area contributed by atoms with E-state index in [1.807, 2.05) is 44.2 Å². The Morgan fingerprint density at radius 2 is 1.73 bits per heavy atom. The quantitative estimate of drug-likeness (QED) is 0.395. The van der Waals surface area contributed by atoms with E-state index in [2.05, 4.69) is 0 Å². The summed E-state index contributed by atoms with van der Waals surface area (Å²) in [7, 11) is 1.60. The molecule has 2 aromatic heterocycles. The second-order valence-corrected chi connectivity index (χ2v) is 9.10. The van der Waals surface area contributed by atoms with Crippen LogP contribution in [0.2, 0.25) is 0 Å². The number of furan rings is 1. The van der Waals surface area contributed by atoms with E-state index in [1.165, 1.54) is 11.0 Å². The van der Waals surface area contributed by atoms with Gasteiger partial charge in [-0.05, 0) is 63.9 Å². The van der Waals surface area contributed by atoms with Crippen molar-refractivity contribution in [2.45, 2.75) is 40.2 Å². The Morgan fingerprint density at radius 1 is 1.06 bits per heavy atom. The zero-order valence-corrected chi connectivity index (χ0v) is 19.5. The highest BCUT2D eigenvalue weighted by molar-refractivity contribution is 6.09. The molecule has 0 radical (unpaired) electrons. The monoisotopic (exact) mass is 446 g/mol. The van der Waals surface area contributed by atoms with Crippen molar-refractivity contribution in [2.75, 3.05) is 11.9 Å². The van der Waals surface area contributed by atoms with Crippen molar-refractivity contribution in [3.8, 4) is 11.5 Å². The van der Waals surface area contributed by atoms with E-state index < -0.39 is 17.7 Å². The molecule has 0 unspecified atom stereocenters. The van der Waals surface area contributed by atoms with Crippen molar-refractivity contribution in [1.82, 2.24) is 4.98 Å². The van der Waals surface area contributed by atoms with Gasteiger partial charge in [-0.15, -0.1) is 0 Å². The summed E-state index contributed by atoms with van der Waals surface area (Å²) in [6.07, 6.45) is -0.554. The minimum Gasteiger partial charge on any atom is -0.478 e. The number of hydrogen-bond donors (Lipinski definition) is 1. The summed E-state index contributed by atoms with van der Waals surface area (Å²) in [4.78, 5) is 31.3. The lowest BCUT2D eigenvalue weighted by Gasteiger charge is -2.24. The van der Waals surface area contributed by atoms with Crippen LogP contribution < -0.4 is 4.90 Å². The lowest BCUT2D eigenvalue weighted by molar-refractivity contribution is 0.0588. The van der Waals surface area contributed by atoms with Crippen molar-refractivity contribution in [2.24, 2.45) is 0 Å². The number of rotatable bonds is 3. The summed E-state index contributed by atoms with van der Waals surface area (Å²) in [5.41, 5.74) is 3.04. The first-order valence-corrected chi connectivity index (χ1v) is 10.6. The minimum atomic E-state index is -1.06. The number of carboxylic acids is 1. The predicted molar refractivity (Wildman–Crippen MR) is 128 cm³/mol. The van der Waals surface area contributed by atoms with Gasteiger partial charge in [0, 0.05) is 17.8 Å². The molecule has 2 heterocycles. The molecule has 33 heavy (non-hydrogen) atoms. The molecule has 7 nitrogen and oxygen atoms in total. The molecule has 7 heteroatoms. The Bertz CT molecular complexity index is 1410. The number of carboxylic acid groups (broad SMARTS) is 1. The Kier molecular flexibility index (Phi) is 5.36. The van der Waals surface area contributed by atoms with Crippen LogP contribution in [-0.2, 0) is 4.74 Å². The van der Waals surface area contributed by atoms with Crippen LogP contribution in [-0.4, -0.2) is 34.8 Å². The molecule has 0 aliphatic carbocycles. The minimum absolute atomic E-state index is 0.127. The maximum atomic E-state index is 12.9. The smallest absolute Gasteiger partial charge is 0.414 e. The SMILES string of the molecule is Cc1ccc(C)c2c(C(=O)O)cc(-c3oc4ccccc4c3N(C)C(=O)OC(C)(C)C)nc12. The Morgan fingerprint density at radius 3 is 2.39 bits per heavy atom. The first kappa shape index (κ1) is 22.3. The van der Waals surface area contributed by atoms with Crippen LogP contribution in [0.15, 0.2) is 46.9 Å². The molecule has 0 saturated heterocycles. The van der Waals surface area contributed by atoms with Gasteiger partial charge in [-0.2, -0.15) is 0 Å². The summed E-state index contributed by atoms with van der Waals surface area (Å²) in [5.74, 6) is -0.759. The molecule has 2 aromatic carbocycles. The number of nitrogens with zero attached hydrogens (tertiary/aromatic N) is 2. The van der Waals surface area contributed by atoms with Crippen molar-refractivity contribution in [1.29, 1.82) is 0 Å². The number of amides is 1.